The number of carbonyl (C=O) groups is 1. The quantitative estimate of drug-likeness (QED) is 0.888. The van der Waals surface area contributed by atoms with Crippen LogP contribution in [0.2, 0.25) is 0 Å². The van der Waals surface area contributed by atoms with Gasteiger partial charge in [0.15, 0.2) is 6.29 Å². The first-order valence-corrected chi connectivity index (χ1v) is 6.03. The van der Waals surface area contributed by atoms with E-state index in [-0.39, 0.29) is 11.9 Å². The Bertz CT molecular complexity index is 405. The van der Waals surface area contributed by atoms with Crippen molar-refractivity contribution in [3.05, 3.63) is 35.6 Å². The highest BCUT2D eigenvalue weighted by Crippen LogP contribution is 2.08. The highest BCUT2D eigenvalue weighted by atomic mass is 19.1. The summed E-state index contributed by atoms with van der Waals surface area (Å²) in [4.78, 5) is 11.7. The zero-order valence-electron chi connectivity index (χ0n) is 10.0. The standard InChI is InChI=1S/C13H16FNO3/c14-11-5-2-1-4-10(11)13(16)15-7-6-12-17-8-3-9-18-12/h1-2,4-5,12H,3,6-9H2,(H,15,16). The molecule has 2 rings (SSSR count). The first-order valence-electron chi connectivity index (χ1n) is 6.03. The average molecular weight is 253 g/mol. The van der Waals surface area contributed by atoms with E-state index in [9.17, 15) is 9.18 Å². The van der Waals surface area contributed by atoms with E-state index in [2.05, 4.69) is 5.32 Å². The second-order valence-electron chi connectivity index (χ2n) is 4.05. The van der Waals surface area contributed by atoms with Gasteiger partial charge in [-0.05, 0) is 18.6 Å². The topological polar surface area (TPSA) is 47.6 Å². The number of amides is 1. The van der Waals surface area contributed by atoms with Crippen molar-refractivity contribution in [3.8, 4) is 0 Å². The van der Waals surface area contributed by atoms with Crippen LogP contribution in [0.25, 0.3) is 0 Å². The Morgan fingerprint density at radius 2 is 2.06 bits per heavy atom. The molecule has 0 aliphatic carbocycles. The summed E-state index contributed by atoms with van der Waals surface area (Å²) in [5.41, 5.74) is 0.0583. The van der Waals surface area contributed by atoms with Crippen LogP contribution in [0.3, 0.4) is 0 Å². The Kier molecular flexibility index (Phi) is 4.66. The first-order chi connectivity index (χ1) is 8.77. The number of rotatable bonds is 4. The molecule has 1 amide bonds. The van der Waals surface area contributed by atoms with Crippen LogP contribution in [-0.2, 0) is 9.47 Å². The van der Waals surface area contributed by atoms with Gasteiger partial charge in [-0.3, -0.25) is 4.79 Å². The monoisotopic (exact) mass is 253 g/mol. The molecule has 5 heteroatoms. The summed E-state index contributed by atoms with van der Waals surface area (Å²) in [5, 5.41) is 2.65. The molecule has 0 saturated carbocycles. The van der Waals surface area contributed by atoms with E-state index < -0.39 is 11.7 Å². The van der Waals surface area contributed by atoms with E-state index in [1.807, 2.05) is 0 Å². The molecule has 0 bridgehead atoms. The fourth-order valence-electron chi connectivity index (χ4n) is 1.75. The minimum Gasteiger partial charge on any atom is -0.353 e. The molecule has 1 aliphatic rings. The van der Waals surface area contributed by atoms with Gasteiger partial charge in [-0.25, -0.2) is 4.39 Å². The second kappa shape index (κ2) is 6.47. The number of hydrogen-bond donors (Lipinski definition) is 1. The smallest absolute Gasteiger partial charge is 0.254 e. The summed E-state index contributed by atoms with van der Waals surface area (Å²) < 4.78 is 24.0. The van der Waals surface area contributed by atoms with E-state index in [4.69, 9.17) is 9.47 Å². The van der Waals surface area contributed by atoms with Crippen molar-refractivity contribution in [1.29, 1.82) is 0 Å². The van der Waals surface area contributed by atoms with E-state index in [0.717, 1.165) is 6.42 Å². The highest BCUT2D eigenvalue weighted by Gasteiger charge is 2.15. The average Bonchev–Trinajstić information content (AvgIpc) is 2.40. The molecule has 4 nitrogen and oxygen atoms in total. The van der Waals surface area contributed by atoms with Crippen molar-refractivity contribution in [2.45, 2.75) is 19.1 Å². The van der Waals surface area contributed by atoms with Crippen LogP contribution in [0.4, 0.5) is 4.39 Å². The van der Waals surface area contributed by atoms with Gasteiger partial charge in [0.05, 0.1) is 18.8 Å². The maximum atomic E-state index is 13.3. The fraction of sp³-hybridized carbons (Fsp3) is 0.462. The van der Waals surface area contributed by atoms with Gasteiger partial charge in [0, 0.05) is 13.0 Å². The Hall–Kier alpha value is -1.46. The molecule has 1 heterocycles. The van der Waals surface area contributed by atoms with Gasteiger partial charge in [0.1, 0.15) is 5.82 Å². The summed E-state index contributed by atoms with van der Waals surface area (Å²) in [7, 11) is 0. The molecule has 98 valence electrons. The molecule has 1 saturated heterocycles. The molecule has 0 spiro atoms. The lowest BCUT2D eigenvalue weighted by atomic mass is 10.2. The minimum absolute atomic E-state index is 0.0583. The summed E-state index contributed by atoms with van der Waals surface area (Å²) in [6, 6.07) is 5.90. The molecule has 0 radical (unpaired) electrons. The minimum atomic E-state index is -0.514. The van der Waals surface area contributed by atoms with Gasteiger partial charge in [-0.1, -0.05) is 12.1 Å². The molecule has 0 atom stereocenters. The van der Waals surface area contributed by atoms with Crippen LogP contribution in [0.1, 0.15) is 23.2 Å². The van der Waals surface area contributed by atoms with Gasteiger partial charge in [-0.15, -0.1) is 0 Å². The largest absolute Gasteiger partial charge is 0.353 e. The van der Waals surface area contributed by atoms with Crippen LogP contribution < -0.4 is 5.32 Å². The number of nitrogens with one attached hydrogen (secondary N) is 1. The van der Waals surface area contributed by atoms with Crippen LogP contribution in [0.5, 0.6) is 0 Å². The summed E-state index contributed by atoms with van der Waals surface area (Å²) in [6.07, 6.45) is 1.21. The molecule has 1 N–H and O–H groups in total. The van der Waals surface area contributed by atoms with Crippen molar-refractivity contribution >= 4 is 5.91 Å². The van der Waals surface area contributed by atoms with E-state index in [1.165, 1.54) is 12.1 Å². The predicted octanol–water partition coefficient (Wildman–Crippen LogP) is 1.71. The van der Waals surface area contributed by atoms with Crippen LogP contribution in [-0.4, -0.2) is 32.0 Å². The zero-order chi connectivity index (χ0) is 12.8. The molecule has 1 aromatic carbocycles. The maximum Gasteiger partial charge on any atom is 0.254 e. The molecular weight excluding hydrogens is 237 g/mol. The Labute approximate surface area is 105 Å². The third-order valence-electron chi connectivity index (χ3n) is 2.68. The van der Waals surface area contributed by atoms with Crippen LogP contribution >= 0.6 is 0 Å². The van der Waals surface area contributed by atoms with Gasteiger partial charge >= 0.3 is 0 Å². The van der Waals surface area contributed by atoms with Crippen molar-refractivity contribution in [2.24, 2.45) is 0 Å². The van der Waals surface area contributed by atoms with Crippen LogP contribution in [0.15, 0.2) is 24.3 Å². The number of halogens is 1. The number of ether oxygens (including phenoxy) is 2. The lowest BCUT2D eigenvalue weighted by molar-refractivity contribution is -0.180. The molecule has 1 fully saturated rings. The molecule has 1 aliphatic heterocycles. The third-order valence-corrected chi connectivity index (χ3v) is 2.68. The van der Waals surface area contributed by atoms with Crippen LogP contribution in [0, 0.1) is 5.82 Å². The Balaban J connectivity index is 1.76. The maximum absolute atomic E-state index is 13.3. The second-order valence-corrected chi connectivity index (χ2v) is 4.05. The van der Waals surface area contributed by atoms with Gasteiger partial charge < -0.3 is 14.8 Å². The predicted molar refractivity (Wildman–Crippen MR) is 63.7 cm³/mol. The van der Waals surface area contributed by atoms with E-state index >= 15 is 0 Å². The number of hydrogen-bond acceptors (Lipinski definition) is 3. The number of carbonyl (C=O) groups excluding carboxylic acids is 1. The van der Waals surface area contributed by atoms with Crippen molar-refractivity contribution in [1.82, 2.24) is 5.32 Å². The lowest BCUT2D eigenvalue weighted by Gasteiger charge is -2.23. The van der Waals surface area contributed by atoms with Gasteiger partial charge in [0.25, 0.3) is 5.91 Å². The summed E-state index contributed by atoms with van der Waals surface area (Å²) >= 11 is 0. The Morgan fingerprint density at radius 1 is 1.33 bits per heavy atom. The van der Waals surface area contributed by atoms with Crippen molar-refractivity contribution < 1.29 is 18.7 Å². The number of benzene rings is 1. The van der Waals surface area contributed by atoms with E-state index in [0.29, 0.717) is 26.2 Å². The zero-order valence-corrected chi connectivity index (χ0v) is 10.0. The van der Waals surface area contributed by atoms with Crippen molar-refractivity contribution in [3.63, 3.8) is 0 Å². The van der Waals surface area contributed by atoms with Gasteiger partial charge in [-0.2, -0.15) is 0 Å². The molecule has 18 heavy (non-hydrogen) atoms. The fourth-order valence-corrected chi connectivity index (χ4v) is 1.75. The van der Waals surface area contributed by atoms with Gasteiger partial charge in [0.2, 0.25) is 0 Å². The normalized spacial score (nSPS) is 16.5. The van der Waals surface area contributed by atoms with E-state index in [1.54, 1.807) is 12.1 Å². The highest BCUT2D eigenvalue weighted by molar-refractivity contribution is 5.94. The molecule has 1 aromatic rings. The summed E-state index contributed by atoms with van der Waals surface area (Å²) in [6.45, 7) is 1.77. The first kappa shape index (κ1) is 13.0. The molecule has 0 aromatic heterocycles. The molecule has 0 unspecified atom stereocenters. The lowest BCUT2D eigenvalue weighted by Crippen LogP contribution is -2.32. The Morgan fingerprint density at radius 3 is 2.78 bits per heavy atom. The molecular formula is C13H16FNO3. The summed E-state index contributed by atoms with van der Waals surface area (Å²) in [5.74, 6) is -0.927. The third kappa shape index (κ3) is 3.51. The SMILES string of the molecule is O=C(NCCC1OCCCO1)c1ccccc1F. The van der Waals surface area contributed by atoms with Crippen molar-refractivity contribution in [2.75, 3.05) is 19.8 Å².